The molecule has 0 radical (unpaired) electrons. The Hall–Kier alpha value is -2.91. The predicted molar refractivity (Wildman–Crippen MR) is 98.9 cm³/mol. The molecule has 4 heteroatoms. The number of aliphatic imine (C=N–C) groups is 1. The molecular weight excluding hydrogens is 320 g/mol. The van der Waals surface area contributed by atoms with Gasteiger partial charge in [-0.3, -0.25) is 0 Å². The molecule has 3 rings (SSSR count). The Labute approximate surface area is 145 Å². The summed E-state index contributed by atoms with van der Waals surface area (Å²) in [6.07, 6.45) is 0. The first-order valence-corrected chi connectivity index (χ1v) is 7.83. The number of hydrogen-bond acceptors (Lipinski definition) is 3. The van der Waals surface area contributed by atoms with Crippen molar-refractivity contribution < 1.29 is 5.21 Å². The molecule has 3 aromatic carbocycles. The van der Waals surface area contributed by atoms with Crippen LogP contribution in [0.15, 0.2) is 95.1 Å². The van der Waals surface area contributed by atoms with E-state index in [0.29, 0.717) is 22.1 Å². The average molecular weight is 335 g/mol. The molecule has 0 atom stereocenters. The molecule has 3 aromatic rings. The summed E-state index contributed by atoms with van der Waals surface area (Å²) in [5.41, 5.74) is 3.31. The predicted octanol–water partition coefficient (Wildman–Crippen LogP) is 5.34. The van der Waals surface area contributed by atoms with Crippen molar-refractivity contribution in [3.05, 3.63) is 101 Å². The van der Waals surface area contributed by atoms with Crippen LogP contribution in [0.25, 0.3) is 0 Å². The second kappa shape index (κ2) is 7.57. The third kappa shape index (κ3) is 3.70. The van der Waals surface area contributed by atoms with E-state index < -0.39 is 0 Å². The topological polar surface area (TPSA) is 45.0 Å². The molecule has 0 bridgehead atoms. The second-order valence-electron chi connectivity index (χ2n) is 5.12. The number of nitrogens with zero attached hydrogens (tertiary/aromatic N) is 2. The monoisotopic (exact) mass is 334 g/mol. The van der Waals surface area contributed by atoms with E-state index in [9.17, 15) is 5.21 Å². The fraction of sp³-hybridized carbons (Fsp3) is 0. The highest BCUT2D eigenvalue weighted by atomic mass is 35.5. The van der Waals surface area contributed by atoms with Crippen molar-refractivity contribution in [1.29, 1.82) is 0 Å². The van der Waals surface area contributed by atoms with E-state index >= 15 is 0 Å². The maximum absolute atomic E-state index is 9.62. The van der Waals surface area contributed by atoms with Crippen LogP contribution in [0.1, 0.15) is 11.1 Å². The van der Waals surface area contributed by atoms with Gasteiger partial charge in [0, 0.05) is 16.1 Å². The molecule has 0 aliphatic heterocycles. The lowest BCUT2D eigenvalue weighted by Crippen LogP contribution is -2.17. The van der Waals surface area contributed by atoms with Gasteiger partial charge in [0.25, 0.3) is 0 Å². The largest absolute Gasteiger partial charge is 0.410 e. The van der Waals surface area contributed by atoms with Crippen LogP contribution in [0.4, 0.5) is 5.69 Å². The zero-order chi connectivity index (χ0) is 16.8. The van der Waals surface area contributed by atoms with Crippen LogP contribution >= 0.6 is 11.6 Å². The van der Waals surface area contributed by atoms with Gasteiger partial charge in [0.1, 0.15) is 11.4 Å². The van der Waals surface area contributed by atoms with Crippen LogP contribution in [0.2, 0.25) is 5.02 Å². The molecule has 0 unspecified atom stereocenters. The Morgan fingerprint density at radius 3 is 1.83 bits per heavy atom. The van der Waals surface area contributed by atoms with E-state index in [1.54, 1.807) is 12.1 Å². The third-order valence-corrected chi connectivity index (χ3v) is 3.70. The summed E-state index contributed by atoms with van der Waals surface area (Å²) >= 11 is 6.06. The minimum absolute atomic E-state index is 0.404. The molecule has 0 heterocycles. The van der Waals surface area contributed by atoms with Crippen molar-refractivity contribution in [3.8, 4) is 0 Å². The molecule has 1 N–H and O–H groups in total. The van der Waals surface area contributed by atoms with Crippen LogP contribution in [0.3, 0.4) is 0 Å². The Bertz CT molecular complexity index is 874. The van der Waals surface area contributed by atoms with Crippen molar-refractivity contribution in [3.63, 3.8) is 0 Å². The first-order valence-electron chi connectivity index (χ1n) is 7.45. The summed E-state index contributed by atoms with van der Waals surface area (Å²) < 4.78 is 0. The first kappa shape index (κ1) is 16.0. The van der Waals surface area contributed by atoms with Gasteiger partial charge < -0.3 is 5.21 Å². The number of oxime groups is 1. The van der Waals surface area contributed by atoms with Gasteiger partial charge in [-0.25, -0.2) is 4.99 Å². The zero-order valence-electron chi connectivity index (χ0n) is 12.8. The van der Waals surface area contributed by atoms with Gasteiger partial charge >= 0.3 is 0 Å². The van der Waals surface area contributed by atoms with Gasteiger partial charge in [0.2, 0.25) is 0 Å². The van der Waals surface area contributed by atoms with E-state index in [1.807, 2.05) is 72.8 Å². The fourth-order valence-corrected chi connectivity index (χ4v) is 2.55. The summed E-state index contributed by atoms with van der Waals surface area (Å²) in [4.78, 5) is 4.68. The number of rotatable bonds is 4. The molecule has 0 aromatic heterocycles. The summed E-state index contributed by atoms with van der Waals surface area (Å²) in [7, 11) is 0. The van der Waals surface area contributed by atoms with Gasteiger partial charge in [-0.2, -0.15) is 0 Å². The molecule has 118 valence electrons. The van der Waals surface area contributed by atoms with Crippen molar-refractivity contribution in [2.24, 2.45) is 10.1 Å². The number of benzene rings is 3. The lowest BCUT2D eigenvalue weighted by atomic mass is 9.99. The summed E-state index contributed by atoms with van der Waals surface area (Å²) in [5, 5.41) is 13.7. The maximum Gasteiger partial charge on any atom is 0.136 e. The van der Waals surface area contributed by atoms with Crippen molar-refractivity contribution in [1.82, 2.24) is 0 Å². The molecular formula is C20H15ClN2O. The lowest BCUT2D eigenvalue weighted by Gasteiger charge is -2.10. The number of halogens is 1. The quantitative estimate of drug-likeness (QED) is 0.390. The van der Waals surface area contributed by atoms with Gasteiger partial charge in [-0.15, -0.1) is 0 Å². The molecule has 0 saturated carbocycles. The molecule has 0 amide bonds. The van der Waals surface area contributed by atoms with Crippen molar-refractivity contribution in [2.75, 3.05) is 0 Å². The minimum atomic E-state index is 0.404. The molecule has 0 aliphatic carbocycles. The SMILES string of the molecule is O/N=C(/C(=Nc1cccc(Cl)c1)c1ccccc1)c1ccccc1. The average Bonchev–Trinajstić information content (AvgIpc) is 2.63. The van der Waals surface area contributed by atoms with E-state index in [-0.39, 0.29) is 0 Å². The normalized spacial score (nSPS) is 12.2. The van der Waals surface area contributed by atoms with Gasteiger partial charge in [-0.1, -0.05) is 83.5 Å². The van der Waals surface area contributed by atoms with Crippen molar-refractivity contribution >= 4 is 28.7 Å². The van der Waals surface area contributed by atoms with Gasteiger partial charge in [0.15, 0.2) is 0 Å². The number of hydrogen-bond donors (Lipinski definition) is 1. The first-order chi connectivity index (χ1) is 11.8. The van der Waals surface area contributed by atoms with Crippen LogP contribution in [0, 0.1) is 0 Å². The van der Waals surface area contributed by atoms with E-state index in [0.717, 1.165) is 11.1 Å². The molecule has 24 heavy (non-hydrogen) atoms. The van der Waals surface area contributed by atoms with Crippen molar-refractivity contribution in [2.45, 2.75) is 0 Å². The molecule has 0 fully saturated rings. The van der Waals surface area contributed by atoms with Crippen LogP contribution in [-0.2, 0) is 0 Å². The molecule has 0 aliphatic rings. The highest BCUT2D eigenvalue weighted by Crippen LogP contribution is 2.21. The Kier molecular flexibility index (Phi) is 5.04. The van der Waals surface area contributed by atoms with Crippen LogP contribution in [0.5, 0.6) is 0 Å². The summed E-state index contributed by atoms with van der Waals surface area (Å²) in [6, 6.07) is 26.3. The highest BCUT2D eigenvalue weighted by molar-refractivity contribution is 6.53. The fourth-order valence-electron chi connectivity index (χ4n) is 2.36. The van der Waals surface area contributed by atoms with Crippen LogP contribution < -0.4 is 0 Å². The summed E-state index contributed by atoms with van der Waals surface area (Å²) in [5.74, 6) is 0. The Morgan fingerprint density at radius 1 is 0.708 bits per heavy atom. The third-order valence-electron chi connectivity index (χ3n) is 3.47. The minimum Gasteiger partial charge on any atom is -0.410 e. The maximum atomic E-state index is 9.62. The lowest BCUT2D eigenvalue weighted by molar-refractivity contribution is 0.320. The molecule has 0 spiro atoms. The standard InChI is InChI=1S/C20H15ClN2O/c21-17-12-7-13-18(14-17)22-19(15-8-3-1-4-9-15)20(23-24)16-10-5-2-6-11-16/h1-14,24H/b22-19?,23-20+. The van der Waals surface area contributed by atoms with E-state index in [1.165, 1.54) is 0 Å². The molecule has 3 nitrogen and oxygen atoms in total. The van der Waals surface area contributed by atoms with Gasteiger partial charge in [-0.05, 0) is 18.2 Å². The summed E-state index contributed by atoms with van der Waals surface area (Å²) in [6.45, 7) is 0. The Balaban J connectivity index is 2.16. The zero-order valence-corrected chi connectivity index (χ0v) is 13.6. The smallest absolute Gasteiger partial charge is 0.136 e. The van der Waals surface area contributed by atoms with Gasteiger partial charge in [0.05, 0.1) is 5.69 Å². The van der Waals surface area contributed by atoms with E-state index in [2.05, 4.69) is 10.1 Å². The Morgan fingerprint density at radius 2 is 1.29 bits per heavy atom. The van der Waals surface area contributed by atoms with E-state index in [4.69, 9.17) is 11.6 Å². The van der Waals surface area contributed by atoms with Crippen LogP contribution in [-0.4, -0.2) is 16.6 Å². The highest BCUT2D eigenvalue weighted by Gasteiger charge is 2.15. The second-order valence-corrected chi connectivity index (χ2v) is 5.56. The molecule has 0 saturated heterocycles.